The number of aliphatic carboxylic acids is 2. The van der Waals surface area contributed by atoms with Gasteiger partial charge in [0.05, 0.1) is 6.26 Å². The van der Waals surface area contributed by atoms with Crippen LogP contribution in [-0.4, -0.2) is 41.4 Å². The predicted octanol–water partition coefficient (Wildman–Crippen LogP) is -0.950. The molecule has 0 heterocycles. The molecule has 0 saturated heterocycles. The van der Waals surface area contributed by atoms with Crippen molar-refractivity contribution in [3.8, 4) is 0 Å². The molecule has 12 heavy (non-hydrogen) atoms. The lowest BCUT2D eigenvalue weighted by Gasteiger charge is -1.80. The summed E-state index contributed by atoms with van der Waals surface area (Å²) in [4.78, 5) is 18.9. The standard InChI is InChI=1S/C3H4O4.CH4O3S/c4-2(5)1-3(6)7;1-5(2,3)4/h1H2,(H,4,5)(H,6,7);1H3,(H,2,3,4). The number of rotatable bonds is 2. The van der Waals surface area contributed by atoms with Crippen LogP contribution >= 0.6 is 0 Å². The summed E-state index contributed by atoms with van der Waals surface area (Å²) in [7, 11) is -3.67. The fourth-order valence-corrected chi connectivity index (χ4v) is 0.129. The van der Waals surface area contributed by atoms with E-state index in [4.69, 9.17) is 14.8 Å². The molecule has 0 amide bonds. The molecule has 0 rings (SSSR count). The fraction of sp³-hybridized carbons (Fsp3) is 0.500. The monoisotopic (exact) mass is 200 g/mol. The summed E-state index contributed by atoms with van der Waals surface area (Å²) in [6, 6.07) is 0. The first-order valence-electron chi connectivity index (χ1n) is 2.49. The highest BCUT2D eigenvalue weighted by molar-refractivity contribution is 7.85. The van der Waals surface area contributed by atoms with E-state index in [0.717, 1.165) is 0 Å². The van der Waals surface area contributed by atoms with Crippen molar-refractivity contribution in [1.82, 2.24) is 0 Å². The number of carboxylic acid groups (broad SMARTS) is 2. The third-order valence-corrected chi connectivity index (χ3v) is 0.302. The molecule has 0 aromatic rings. The Labute approximate surface area is 68.4 Å². The van der Waals surface area contributed by atoms with Crippen LogP contribution in [0.1, 0.15) is 6.42 Å². The fourth-order valence-electron chi connectivity index (χ4n) is 0.129. The van der Waals surface area contributed by atoms with E-state index in [1.165, 1.54) is 0 Å². The lowest BCUT2D eigenvalue weighted by molar-refractivity contribution is -0.147. The maximum Gasteiger partial charge on any atom is 0.314 e. The van der Waals surface area contributed by atoms with Crippen molar-refractivity contribution in [3.05, 3.63) is 0 Å². The highest BCUT2D eigenvalue weighted by Crippen LogP contribution is 1.74. The van der Waals surface area contributed by atoms with Gasteiger partial charge in [-0.3, -0.25) is 14.1 Å². The molecule has 0 aliphatic carbocycles. The van der Waals surface area contributed by atoms with Gasteiger partial charge in [-0.2, -0.15) is 8.42 Å². The minimum absolute atomic E-state index is 0.715. The zero-order valence-electron chi connectivity index (χ0n) is 6.09. The van der Waals surface area contributed by atoms with Crippen LogP contribution < -0.4 is 0 Å². The van der Waals surface area contributed by atoms with Gasteiger partial charge in [-0.15, -0.1) is 0 Å². The van der Waals surface area contributed by atoms with E-state index in [2.05, 4.69) is 0 Å². The summed E-state index contributed by atoms with van der Waals surface area (Å²) in [5, 5.41) is 15.4. The minimum atomic E-state index is -3.67. The lowest BCUT2D eigenvalue weighted by Crippen LogP contribution is -2.03. The highest BCUT2D eigenvalue weighted by Gasteiger charge is 2.01. The van der Waals surface area contributed by atoms with Crippen molar-refractivity contribution in [3.63, 3.8) is 0 Å². The number of carbonyl (C=O) groups is 2. The Hall–Kier alpha value is -1.15. The van der Waals surface area contributed by atoms with Gasteiger partial charge in [-0.1, -0.05) is 0 Å². The van der Waals surface area contributed by atoms with Crippen molar-refractivity contribution >= 4 is 22.1 Å². The van der Waals surface area contributed by atoms with Crippen LogP contribution in [0.25, 0.3) is 0 Å². The molecule has 0 fully saturated rings. The second-order valence-electron chi connectivity index (χ2n) is 1.70. The molecule has 0 atom stereocenters. The summed E-state index contributed by atoms with van der Waals surface area (Å²) < 4.78 is 25.9. The Morgan fingerprint density at radius 2 is 1.33 bits per heavy atom. The van der Waals surface area contributed by atoms with Crippen molar-refractivity contribution in [2.75, 3.05) is 6.26 Å². The Bertz CT molecular complexity index is 231. The van der Waals surface area contributed by atoms with E-state index in [-0.39, 0.29) is 0 Å². The van der Waals surface area contributed by atoms with Crippen molar-refractivity contribution in [1.29, 1.82) is 0 Å². The first-order valence-corrected chi connectivity index (χ1v) is 4.34. The zero-order valence-corrected chi connectivity index (χ0v) is 6.91. The Balaban J connectivity index is 0. The van der Waals surface area contributed by atoms with Crippen molar-refractivity contribution < 1.29 is 32.8 Å². The third-order valence-electron chi connectivity index (χ3n) is 0.302. The molecular formula is C4H8O7S. The van der Waals surface area contributed by atoms with Gasteiger partial charge in [0.25, 0.3) is 10.1 Å². The maximum atomic E-state index is 9.43. The van der Waals surface area contributed by atoms with Gasteiger partial charge in [-0.25, -0.2) is 0 Å². The second kappa shape index (κ2) is 5.49. The normalized spacial score (nSPS) is 9.50. The van der Waals surface area contributed by atoms with Crippen molar-refractivity contribution in [2.24, 2.45) is 0 Å². The second-order valence-corrected chi connectivity index (χ2v) is 3.16. The first kappa shape index (κ1) is 13.4. The molecule has 0 bridgehead atoms. The molecule has 0 spiro atoms. The summed E-state index contributed by atoms with van der Waals surface area (Å²) in [5.41, 5.74) is 0. The molecule has 7 nitrogen and oxygen atoms in total. The molecule has 0 unspecified atom stereocenters. The molecule has 0 aromatic carbocycles. The predicted molar refractivity (Wildman–Crippen MR) is 37.4 cm³/mol. The van der Waals surface area contributed by atoms with Gasteiger partial charge in [0.2, 0.25) is 0 Å². The minimum Gasteiger partial charge on any atom is -0.481 e. The average molecular weight is 200 g/mol. The van der Waals surface area contributed by atoms with E-state index in [1.54, 1.807) is 0 Å². The topological polar surface area (TPSA) is 129 Å². The first-order chi connectivity index (χ1) is 5.13. The highest BCUT2D eigenvalue weighted by atomic mass is 32.2. The Morgan fingerprint density at radius 1 is 1.17 bits per heavy atom. The molecule has 0 aliphatic rings. The maximum absolute atomic E-state index is 9.43. The third kappa shape index (κ3) is 67.1. The number of hydrogen-bond acceptors (Lipinski definition) is 4. The van der Waals surface area contributed by atoms with E-state index in [1.807, 2.05) is 0 Å². The van der Waals surface area contributed by atoms with Crippen LogP contribution in [0.5, 0.6) is 0 Å². The van der Waals surface area contributed by atoms with Crippen molar-refractivity contribution in [2.45, 2.75) is 6.42 Å². The van der Waals surface area contributed by atoms with E-state index >= 15 is 0 Å². The molecule has 0 aliphatic heterocycles. The smallest absolute Gasteiger partial charge is 0.314 e. The van der Waals surface area contributed by atoms with Crippen LogP contribution in [0.15, 0.2) is 0 Å². The molecular weight excluding hydrogens is 192 g/mol. The van der Waals surface area contributed by atoms with E-state index < -0.39 is 28.5 Å². The van der Waals surface area contributed by atoms with Gasteiger partial charge in [0, 0.05) is 0 Å². The quantitative estimate of drug-likeness (QED) is 0.387. The molecule has 8 heteroatoms. The van der Waals surface area contributed by atoms with Gasteiger partial charge in [-0.05, 0) is 0 Å². The largest absolute Gasteiger partial charge is 0.481 e. The summed E-state index contributed by atoms with van der Waals surface area (Å²) in [6.07, 6.45) is -0.0903. The summed E-state index contributed by atoms with van der Waals surface area (Å²) >= 11 is 0. The lowest BCUT2D eigenvalue weighted by atomic mass is 10.5. The molecule has 0 aromatic heterocycles. The van der Waals surface area contributed by atoms with Crippen LogP contribution in [0.4, 0.5) is 0 Å². The van der Waals surface area contributed by atoms with E-state index in [0.29, 0.717) is 6.26 Å². The summed E-state index contributed by atoms with van der Waals surface area (Å²) in [6.45, 7) is 0. The number of hydrogen-bond donors (Lipinski definition) is 3. The Morgan fingerprint density at radius 3 is 1.33 bits per heavy atom. The average Bonchev–Trinajstić information content (AvgIpc) is 1.52. The van der Waals surface area contributed by atoms with Crippen LogP contribution in [0, 0.1) is 0 Å². The molecule has 72 valence electrons. The summed E-state index contributed by atoms with van der Waals surface area (Å²) in [5.74, 6) is -2.62. The Kier molecular flexibility index (Phi) is 6.15. The van der Waals surface area contributed by atoms with Gasteiger partial charge in [0.15, 0.2) is 0 Å². The van der Waals surface area contributed by atoms with Crippen LogP contribution in [0.3, 0.4) is 0 Å². The van der Waals surface area contributed by atoms with Crippen LogP contribution in [-0.2, 0) is 19.7 Å². The van der Waals surface area contributed by atoms with Crippen LogP contribution in [0.2, 0.25) is 0 Å². The number of carboxylic acids is 2. The molecule has 0 saturated carbocycles. The zero-order chi connectivity index (χ0) is 10.4. The molecule has 3 N–H and O–H groups in total. The molecule has 0 radical (unpaired) electrons. The van der Waals surface area contributed by atoms with Gasteiger partial charge < -0.3 is 10.2 Å². The van der Waals surface area contributed by atoms with E-state index in [9.17, 15) is 18.0 Å². The van der Waals surface area contributed by atoms with Gasteiger partial charge >= 0.3 is 11.9 Å². The van der Waals surface area contributed by atoms with Gasteiger partial charge in [0.1, 0.15) is 6.42 Å². The SMILES string of the molecule is CS(=O)(=O)O.O=C(O)CC(=O)O.